The minimum Gasteiger partial charge on any atom is -0.320 e. The molecule has 2 N–H and O–H groups in total. The highest BCUT2D eigenvalue weighted by atomic mass is 14.6. The van der Waals surface area contributed by atoms with Crippen LogP contribution in [0.1, 0.15) is 33.9 Å². The second kappa shape index (κ2) is 3.86. The van der Waals surface area contributed by atoms with Crippen LogP contribution in [0.5, 0.6) is 0 Å². The van der Waals surface area contributed by atoms with Crippen molar-refractivity contribution in [3.63, 3.8) is 0 Å². The molecule has 0 heterocycles. The molecule has 0 aromatic heterocycles. The summed E-state index contributed by atoms with van der Waals surface area (Å²) in [6, 6.07) is 14.8. The minimum atomic E-state index is -0.0314. The lowest BCUT2D eigenvalue weighted by molar-refractivity contribution is 0.867. The highest BCUT2D eigenvalue weighted by Gasteiger charge is 2.17. The second-order valence-corrected chi connectivity index (χ2v) is 4.57. The molecule has 1 nitrogen and oxygen atoms in total. The van der Waals surface area contributed by atoms with Crippen molar-refractivity contribution in [3.05, 3.63) is 70.3 Å². The smallest absolute Gasteiger partial charge is 0.0563 e. The van der Waals surface area contributed by atoms with Crippen LogP contribution in [-0.2, 0) is 0 Å². The Bertz CT molecular complexity index is 596. The third-order valence-electron chi connectivity index (χ3n) is 3.35. The fraction of sp³-hybridized carbons (Fsp3) is 0.125. The van der Waals surface area contributed by atoms with Crippen molar-refractivity contribution in [1.29, 1.82) is 0 Å². The van der Waals surface area contributed by atoms with E-state index >= 15 is 0 Å². The van der Waals surface area contributed by atoms with E-state index in [1.165, 1.54) is 27.8 Å². The molecule has 1 aliphatic carbocycles. The van der Waals surface area contributed by atoms with E-state index in [9.17, 15) is 0 Å². The zero-order valence-electron chi connectivity index (χ0n) is 9.85. The van der Waals surface area contributed by atoms with Crippen molar-refractivity contribution < 1.29 is 0 Å². The number of benzene rings is 2. The molecule has 3 rings (SSSR count). The van der Waals surface area contributed by atoms with E-state index in [-0.39, 0.29) is 6.04 Å². The molecular formula is C16H15N. The Morgan fingerprint density at radius 1 is 0.882 bits per heavy atom. The first kappa shape index (κ1) is 10.3. The number of hydrogen-bond donors (Lipinski definition) is 1. The van der Waals surface area contributed by atoms with Gasteiger partial charge in [-0.05, 0) is 29.2 Å². The van der Waals surface area contributed by atoms with Crippen molar-refractivity contribution in [2.24, 2.45) is 5.73 Å². The van der Waals surface area contributed by atoms with E-state index in [1.54, 1.807) is 0 Å². The molecule has 0 radical (unpaired) electrons. The third kappa shape index (κ3) is 1.69. The molecule has 0 saturated heterocycles. The van der Waals surface area contributed by atoms with Crippen molar-refractivity contribution in [1.82, 2.24) is 0 Å². The Morgan fingerprint density at radius 3 is 2.41 bits per heavy atom. The van der Waals surface area contributed by atoms with E-state index in [1.807, 2.05) is 6.07 Å². The number of hydrogen-bond acceptors (Lipinski definition) is 1. The van der Waals surface area contributed by atoms with Gasteiger partial charge in [-0.2, -0.15) is 0 Å². The van der Waals surface area contributed by atoms with Crippen molar-refractivity contribution in [3.8, 4) is 0 Å². The van der Waals surface area contributed by atoms with Gasteiger partial charge in [-0.3, -0.25) is 0 Å². The van der Waals surface area contributed by atoms with Gasteiger partial charge in [0, 0.05) is 0 Å². The fourth-order valence-electron chi connectivity index (χ4n) is 2.41. The van der Waals surface area contributed by atoms with Crippen LogP contribution in [0.2, 0.25) is 0 Å². The SMILES string of the molecule is Cc1ccc2c(c1)C(N)c1ccccc1C=C2. The minimum absolute atomic E-state index is 0.0314. The van der Waals surface area contributed by atoms with E-state index in [0.29, 0.717) is 0 Å². The standard InChI is InChI=1S/C16H15N/c1-11-6-7-13-9-8-12-4-2-3-5-14(12)16(17)15(13)10-11/h2-10,16H,17H2,1H3. The van der Waals surface area contributed by atoms with Gasteiger partial charge in [0.25, 0.3) is 0 Å². The summed E-state index contributed by atoms with van der Waals surface area (Å²) >= 11 is 0. The molecule has 1 atom stereocenters. The van der Waals surface area contributed by atoms with Crippen LogP contribution < -0.4 is 5.73 Å². The summed E-state index contributed by atoms with van der Waals surface area (Å²) in [5.41, 5.74) is 12.5. The van der Waals surface area contributed by atoms with Crippen LogP contribution in [0.15, 0.2) is 42.5 Å². The molecule has 17 heavy (non-hydrogen) atoms. The maximum atomic E-state index is 6.39. The Hall–Kier alpha value is -1.86. The van der Waals surface area contributed by atoms with Crippen molar-refractivity contribution in [2.75, 3.05) is 0 Å². The van der Waals surface area contributed by atoms with Gasteiger partial charge in [0.1, 0.15) is 0 Å². The molecule has 0 bridgehead atoms. The average Bonchev–Trinajstić information content (AvgIpc) is 2.49. The average molecular weight is 221 g/mol. The summed E-state index contributed by atoms with van der Waals surface area (Å²) in [6.07, 6.45) is 4.30. The number of aryl methyl sites for hydroxylation is 1. The zero-order valence-corrected chi connectivity index (χ0v) is 9.85. The largest absolute Gasteiger partial charge is 0.320 e. The lowest BCUT2D eigenvalue weighted by atomic mass is 9.94. The van der Waals surface area contributed by atoms with Gasteiger partial charge in [-0.1, -0.05) is 60.2 Å². The van der Waals surface area contributed by atoms with Crippen LogP contribution in [0.3, 0.4) is 0 Å². The van der Waals surface area contributed by atoms with Gasteiger partial charge in [0.2, 0.25) is 0 Å². The van der Waals surface area contributed by atoms with E-state index in [0.717, 1.165) is 0 Å². The molecule has 0 aliphatic heterocycles. The predicted octanol–water partition coefficient (Wildman–Crippen LogP) is 3.53. The van der Waals surface area contributed by atoms with Crippen LogP contribution in [-0.4, -0.2) is 0 Å². The van der Waals surface area contributed by atoms with Crippen molar-refractivity contribution >= 4 is 12.2 Å². The second-order valence-electron chi connectivity index (χ2n) is 4.57. The molecule has 2 aromatic carbocycles. The topological polar surface area (TPSA) is 26.0 Å². The molecular weight excluding hydrogens is 206 g/mol. The van der Waals surface area contributed by atoms with Crippen LogP contribution >= 0.6 is 0 Å². The number of fused-ring (bicyclic) bond motifs is 2. The van der Waals surface area contributed by atoms with Gasteiger partial charge < -0.3 is 5.73 Å². The summed E-state index contributed by atoms with van der Waals surface area (Å²) in [4.78, 5) is 0. The Labute approximate surface area is 102 Å². The fourth-order valence-corrected chi connectivity index (χ4v) is 2.41. The highest BCUT2D eigenvalue weighted by Crippen LogP contribution is 2.31. The van der Waals surface area contributed by atoms with E-state index < -0.39 is 0 Å². The zero-order chi connectivity index (χ0) is 11.8. The summed E-state index contributed by atoms with van der Waals surface area (Å²) in [5.74, 6) is 0. The van der Waals surface area contributed by atoms with E-state index in [4.69, 9.17) is 5.73 Å². The van der Waals surface area contributed by atoms with Crippen LogP contribution in [0.25, 0.3) is 12.2 Å². The van der Waals surface area contributed by atoms with Crippen LogP contribution in [0.4, 0.5) is 0 Å². The summed E-state index contributed by atoms with van der Waals surface area (Å²) in [7, 11) is 0. The molecule has 0 amide bonds. The predicted molar refractivity (Wildman–Crippen MR) is 72.6 cm³/mol. The highest BCUT2D eigenvalue weighted by molar-refractivity contribution is 5.76. The Kier molecular flexibility index (Phi) is 2.34. The van der Waals surface area contributed by atoms with Gasteiger partial charge in [0.05, 0.1) is 6.04 Å². The maximum Gasteiger partial charge on any atom is 0.0563 e. The Morgan fingerprint density at radius 2 is 1.59 bits per heavy atom. The summed E-state index contributed by atoms with van der Waals surface area (Å²) in [6.45, 7) is 2.10. The molecule has 1 unspecified atom stereocenters. The van der Waals surface area contributed by atoms with Crippen LogP contribution in [0, 0.1) is 6.92 Å². The normalized spacial score (nSPS) is 17.2. The van der Waals surface area contributed by atoms with Gasteiger partial charge in [-0.25, -0.2) is 0 Å². The van der Waals surface area contributed by atoms with E-state index in [2.05, 4.69) is 55.5 Å². The molecule has 0 saturated carbocycles. The lowest BCUT2D eigenvalue weighted by Crippen LogP contribution is -2.13. The monoisotopic (exact) mass is 221 g/mol. The lowest BCUT2D eigenvalue weighted by Gasteiger charge is -2.15. The molecule has 1 heteroatoms. The maximum absolute atomic E-state index is 6.39. The summed E-state index contributed by atoms with van der Waals surface area (Å²) in [5, 5.41) is 0. The quantitative estimate of drug-likeness (QED) is 0.723. The molecule has 0 spiro atoms. The first-order chi connectivity index (χ1) is 8.25. The molecule has 0 fully saturated rings. The number of nitrogens with two attached hydrogens (primary N) is 1. The molecule has 1 aliphatic rings. The first-order valence-electron chi connectivity index (χ1n) is 5.89. The first-order valence-corrected chi connectivity index (χ1v) is 5.89. The van der Waals surface area contributed by atoms with Gasteiger partial charge in [-0.15, -0.1) is 0 Å². The number of rotatable bonds is 0. The van der Waals surface area contributed by atoms with Gasteiger partial charge in [0.15, 0.2) is 0 Å². The molecule has 84 valence electrons. The Balaban J connectivity index is 2.25. The molecule has 2 aromatic rings. The van der Waals surface area contributed by atoms with Crippen molar-refractivity contribution in [2.45, 2.75) is 13.0 Å². The summed E-state index contributed by atoms with van der Waals surface area (Å²) < 4.78 is 0. The third-order valence-corrected chi connectivity index (χ3v) is 3.35. The van der Waals surface area contributed by atoms with Gasteiger partial charge >= 0.3 is 0 Å².